The van der Waals surface area contributed by atoms with Crippen LogP contribution in [0.15, 0.2) is 39.2 Å². The van der Waals surface area contributed by atoms with Crippen LogP contribution in [0.25, 0.3) is 0 Å². The van der Waals surface area contributed by atoms with Gasteiger partial charge in [-0.05, 0) is 34.1 Å². The Morgan fingerprint density at radius 2 is 2.17 bits per heavy atom. The van der Waals surface area contributed by atoms with Crippen LogP contribution >= 0.6 is 15.9 Å². The van der Waals surface area contributed by atoms with Crippen molar-refractivity contribution in [3.8, 4) is 5.75 Å². The highest BCUT2D eigenvalue weighted by Gasteiger charge is 2.12. The highest BCUT2D eigenvalue weighted by Crippen LogP contribution is 2.27. The Labute approximate surface area is 109 Å². The molecule has 0 amide bonds. The maximum Gasteiger partial charge on any atom is 0.433 e. The van der Waals surface area contributed by atoms with Crippen molar-refractivity contribution in [1.82, 2.24) is 0 Å². The average molecular weight is 316 g/mol. The van der Waals surface area contributed by atoms with Gasteiger partial charge in [0.15, 0.2) is 0 Å². The second-order valence-corrected chi connectivity index (χ2v) is 4.21. The van der Waals surface area contributed by atoms with Crippen LogP contribution in [-0.2, 0) is 6.61 Å². The van der Waals surface area contributed by atoms with Gasteiger partial charge >= 0.3 is 5.88 Å². The number of hydrogen-bond donors (Lipinski definition) is 0. The van der Waals surface area contributed by atoms with Gasteiger partial charge in [-0.1, -0.05) is 0 Å². The van der Waals surface area contributed by atoms with Crippen molar-refractivity contribution < 1.29 is 18.5 Å². The first-order valence-electron chi connectivity index (χ1n) is 4.87. The summed E-state index contributed by atoms with van der Waals surface area (Å²) in [5, 5.41) is 10.4. The Morgan fingerprint density at radius 1 is 1.39 bits per heavy atom. The zero-order valence-corrected chi connectivity index (χ0v) is 10.5. The molecular weight excluding hydrogens is 309 g/mol. The fourth-order valence-electron chi connectivity index (χ4n) is 1.28. The molecule has 1 heterocycles. The summed E-state index contributed by atoms with van der Waals surface area (Å²) in [6.45, 7) is -0.0180. The van der Waals surface area contributed by atoms with Gasteiger partial charge in [-0.25, -0.2) is 4.39 Å². The molecule has 1 aromatic heterocycles. The molecule has 0 aliphatic rings. The summed E-state index contributed by atoms with van der Waals surface area (Å²) >= 11 is 3.20. The van der Waals surface area contributed by atoms with Crippen molar-refractivity contribution in [2.24, 2.45) is 0 Å². The van der Waals surface area contributed by atoms with Crippen LogP contribution in [0.2, 0.25) is 0 Å². The van der Waals surface area contributed by atoms with Gasteiger partial charge in [-0.15, -0.1) is 0 Å². The maximum absolute atomic E-state index is 13.0. The first-order chi connectivity index (χ1) is 8.56. The van der Waals surface area contributed by atoms with E-state index in [0.29, 0.717) is 10.2 Å². The van der Waals surface area contributed by atoms with E-state index in [1.165, 1.54) is 30.3 Å². The van der Waals surface area contributed by atoms with Crippen LogP contribution in [0, 0.1) is 15.9 Å². The van der Waals surface area contributed by atoms with Gasteiger partial charge in [0.1, 0.15) is 28.9 Å². The van der Waals surface area contributed by atoms with E-state index in [-0.39, 0.29) is 18.3 Å². The highest BCUT2D eigenvalue weighted by atomic mass is 79.9. The van der Waals surface area contributed by atoms with Crippen LogP contribution < -0.4 is 4.74 Å². The minimum absolute atomic E-state index is 0.0180. The third-order valence-corrected chi connectivity index (χ3v) is 2.75. The molecule has 18 heavy (non-hydrogen) atoms. The first-order valence-corrected chi connectivity index (χ1v) is 5.66. The molecule has 2 rings (SSSR count). The molecule has 0 atom stereocenters. The molecule has 0 radical (unpaired) electrons. The van der Waals surface area contributed by atoms with E-state index in [0.717, 1.165) is 0 Å². The van der Waals surface area contributed by atoms with Crippen molar-refractivity contribution in [3.63, 3.8) is 0 Å². The number of benzene rings is 1. The summed E-state index contributed by atoms with van der Waals surface area (Å²) in [6.07, 6.45) is 0. The smallest absolute Gasteiger partial charge is 0.433 e. The topological polar surface area (TPSA) is 65.5 Å². The Kier molecular flexibility index (Phi) is 3.61. The second kappa shape index (κ2) is 5.18. The Hall–Kier alpha value is -1.89. The van der Waals surface area contributed by atoms with Crippen molar-refractivity contribution in [1.29, 1.82) is 0 Å². The number of hydrogen-bond acceptors (Lipinski definition) is 4. The third-order valence-electron chi connectivity index (χ3n) is 2.09. The lowest BCUT2D eigenvalue weighted by Gasteiger charge is -2.06. The molecule has 94 valence electrons. The molecule has 5 nitrogen and oxygen atoms in total. The van der Waals surface area contributed by atoms with Crippen molar-refractivity contribution in [3.05, 3.63) is 56.5 Å². The van der Waals surface area contributed by atoms with Gasteiger partial charge in [0, 0.05) is 6.07 Å². The summed E-state index contributed by atoms with van der Waals surface area (Å²) in [6, 6.07) is 6.68. The van der Waals surface area contributed by atoms with E-state index < -0.39 is 10.7 Å². The zero-order valence-electron chi connectivity index (χ0n) is 8.93. The molecule has 0 saturated heterocycles. The van der Waals surface area contributed by atoms with Gasteiger partial charge in [0.05, 0.1) is 10.5 Å². The van der Waals surface area contributed by atoms with Gasteiger partial charge < -0.3 is 9.15 Å². The van der Waals surface area contributed by atoms with E-state index in [4.69, 9.17) is 9.15 Å². The van der Waals surface area contributed by atoms with Crippen LogP contribution in [0.1, 0.15) is 5.76 Å². The van der Waals surface area contributed by atoms with E-state index in [1.807, 2.05) is 0 Å². The largest absolute Gasteiger partial charge is 0.484 e. The quantitative estimate of drug-likeness (QED) is 0.637. The summed E-state index contributed by atoms with van der Waals surface area (Å²) in [7, 11) is 0. The molecule has 0 aliphatic heterocycles. The fourth-order valence-corrected chi connectivity index (χ4v) is 1.64. The minimum Gasteiger partial charge on any atom is -0.484 e. The molecular formula is C11H7BrFNO4. The predicted molar refractivity (Wildman–Crippen MR) is 63.8 cm³/mol. The number of nitrogens with zero attached hydrogens (tertiary/aromatic N) is 1. The lowest BCUT2D eigenvalue weighted by molar-refractivity contribution is -0.402. The molecule has 0 spiro atoms. The molecule has 0 N–H and O–H groups in total. The normalized spacial score (nSPS) is 10.3. The second-order valence-electron chi connectivity index (χ2n) is 3.36. The SMILES string of the molecule is O=[N+]([O-])c1ccc(COc2cc(F)ccc2Br)o1. The molecule has 0 fully saturated rings. The van der Waals surface area contributed by atoms with E-state index >= 15 is 0 Å². The van der Waals surface area contributed by atoms with Gasteiger partial charge in [0.2, 0.25) is 0 Å². The van der Waals surface area contributed by atoms with Gasteiger partial charge in [0.25, 0.3) is 0 Å². The zero-order chi connectivity index (χ0) is 13.1. The van der Waals surface area contributed by atoms with Crippen molar-refractivity contribution >= 4 is 21.8 Å². The fraction of sp³-hybridized carbons (Fsp3) is 0.0909. The third kappa shape index (κ3) is 2.86. The molecule has 7 heteroatoms. The van der Waals surface area contributed by atoms with Crippen LogP contribution in [0.5, 0.6) is 5.75 Å². The molecule has 2 aromatic rings. The highest BCUT2D eigenvalue weighted by molar-refractivity contribution is 9.10. The van der Waals surface area contributed by atoms with Gasteiger partial charge in [-0.3, -0.25) is 10.1 Å². The molecule has 0 saturated carbocycles. The predicted octanol–water partition coefficient (Wildman–Crippen LogP) is 3.67. The number of ether oxygens (including phenoxy) is 1. The van der Waals surface area contributed by atoms with Crippen molar-refractivity contribution in [2.45, 2.75) is 6.61 Å². The van der Waals surface area contributed by atoms with E-state index in [2.05, 4.69) is 15.9 Å². The van der Waals surface area contributed by atoms with E-state index in [9.17, 15) is 14.5 Å². The number of furan rings is 1. The summed E-state index contributed by atoms with van der Waals surface area (Å²) in [4.78, 5) is 9.76. The molecule has 0 bridgehead atoms. The molecule has 1 aromatic carbocycles. The lowest BCUT2D eigenvalue weighted by atomic mass is 10.3. The Balaban J connectivity index is 2.06. The van der Waals surface area contributed by atoms with Crippen LogP contribution in [0.3, 0.4) is 0 Å². The molecule has 0 aliphatic carbocycles. The summed E-state index contributed by atoms with van der Waals surface area (Å²) in [5.74, 6) is -0.197. The summed E-state index contributed by atoms with van der Waals surface area (Å²) in [5.41, 5.74) is 0. The molecule has 0 unspecified atom stereocenters. The number of halogens is 2. The first kappa shape index (κ1) is 12.6. The number of rotatable bonds is 4. The van der Waals surface area contributed by atoms with Crippen LogP contribution in [-0.4, -0.2) is 4.92 Å². The Morgan fingerprint density at radius 3 is 2.83 bits per heavy atom. The van der Waals surface area contributed by atoms with E-state index in [1.54, 1.807) is 0 Å². The maximum atomic E-state index is 13.0. The summed E-state index contributed by atoms with van der Waals surface area (Å²) < 4.78 is 23.8. The number of nitro groups is 1. The monoisotopic (exact) mass is 315 g/mol. The minimum atomic E-state index is -0.637. The van der Waals surface area contributed by atoms with Crippen molar-refractivity contribution in [2.75, 3.05) is 0 Å². The lowest BCUT2D eigenvalue weighted by Crippen LogP contribution is -1.95. The standard InChI is InChI=1S/C11H7BrFNO4/c12-9-3-1-7(13)5-10(9)17-6-8-2-4-11(18-8)14(15)16/h1-5H,6H2. The van der Waals surface area contributed by atoms with Gasteiger partial charge in [-0.2, -0.15) is 0 Å². The van der Waals surface area contributed by atoms with Crippen LogP contribution in [0.4, 0.5) is 10.3 Å². The average Bonchev–Trinajstić information content (AvgIpc) is 2.79. The Bertz CT molecular complexity index is 584.